The minimum atomic E-state index is -0.223. The van der Waals surface area contributed by atoms with Crippen molar-refractivity contribution in [3.63, 3.8) is 0 Å². The number of hydrogen-bond acceptors (Lipinski definition) is 3. The third kappa shape index (κ3) is 6.86. The van der Waals surface area contributed by atoms with Crippen molar-refractivity contribution in [3.8, 4) is 5.75 Å². The molecular weight excluding hydrogens is 455 g/mol. The summed E-state index contributed by atoms with van der Waals surface area (Å²) in [5.74, 6) is 1.84. The molecule has 0 aromatic heterocycles. The summed E-state index contributed by atoms with van der Waals surface area (Å²) < 4.78 is 5.35. The number of hydrogen-bond donors (Lipinski definition) is 2. The van der Waals surface area contributed by atoms with Crippen LogP contribution in [-0.4, -0.2) is 50.6 Å². The van der Waals surface area contributed by atoms with Crippen molar-refractivity contribution in [2.75, 3.05) is 33.8 Å². The Bertz CT molecular complexity index is 649. The van der Waals surface area contributed by atoms with Gasteiger partial charge < -0.3 is 20.7 Å². The van der Waals surface area contributed by atoms with E-state index in [0.717, 1.165) is 44.2 Å². The van der Waals surface area contributed by atoms with E-state index < -0.39 is 0 Å². The van der Waals surface area contributed by atoms with Gasteiger partial charge in [-0.2, -0.15) is 0 Å². The van der Waals surface area contributed by atoms with Crippen molar-refractivity contribution in [1.82, 2.24) is 10.2 Å². The van der Waals surface area contributed by atoms with Gasteiger partial charge in [0, 0.05) is 38.5 Å². The molecule has 1 heterocycles. The number of likely N-dealkylation sites (tertiary alicyclic amines) is 1. The molecule has 2 rings (SSSR count). The van der Waals surface area contributed by atoms with Crippen LogP contribution in [0, 0.1) is 5.92 Å². The number of carbonyl (C=O) groups is 1. The number of aliphatic imine (C=N–C) groups is 1. The number of rotatable bonds is 6. The van der Waals surface area contributed by atoms with E-state index in [9.17, 15) is 4.79 Å². The van der Waals surface area contributed by atoms with Gasteiger partial charge in [0.2, 0.25) is 5.91 Å². The number of ether oxygens (including phenoxy) is 1. The van der Waals surface area contributed by atoms with Gasteiger partial charge in [-0.05, 0) is 36.5 Å². The molecule has 1 saturated heterocycles. The predicted molar refractivity (Wildman–Crippen MR) is 121 cm³/mol. The molecule has 1 unspecified atom stereocenters. The largest absolute Gasteiger partial charge is 0.497 e. The number of nitrogens with zero attached hydrogens (tertiary/aromatic N) is 2. The van der Waals surface area contributed by atoms with Gasteiger partial charge in [-0.3, -0.25) is 9.79 Å². The lowest BCUT2D eigenvalue weighted by atomic mass is 9.84. The molecule has 0 bridgehead atoms. The first kappa shape index (κ1) is 23.5. The molecule has 0 spiro atoms. The van der Waals surface area contributed by atoms with Crippen LogP contribution in [0.1, 0.15) is 38.7 Å². The van der Waals surface area contributed by atoms with E-state index in [-0.39, 0.29) is 35.3 Å². The Morgan fingerprint density at radius 2 is 2.19 bits per heavy atom. The second-order valence-electron chi connectivity index (χ2n) is 7.64. The second kappa shape index (κ2) is 10.7. The highest BCUT2D eigenvalue weighted by Gasteiger charge is 2.26. The van der Waals surface area contributed by atoms with Crippen LogP contribution >= 0.6 is 24.0 Å². The summed E-state index contributed by atoms with van der Waals surface area (Å²) in [6, 6.07) is 8.17. The van der Waals surface area contributed by atoms with Crippen LogP contribution in [0.2, 0.25) is 0 Å². The summed E-state index contributed by atoms with van der Waals surface area (Å²) in [6.45, 7) is 6.93. The zero-order valence-electron chi connectivity index (χ0n) is 16.8. The lowest BCUT2D eigenvalue weighted by Crippen LogP contribution is -2.49. The minimum absolute atomic E-state index is 0. The molecule has 6 nitrogen and oxygen atoms in total. The topological polar surface area (TPSA) is 80.0 Å². The number of primary amides is 1. The van der Waals surface area contributed by atoms with Gasteiger partial charge in [-0.15, -0.1) is 24.0 Å². The number of nitrogens with one attached hydrogen (secondary N) is 1. The first-order chi connectivity index (χ1) is 12.4. The van der Waals surface area contributed by atoms with Gasteiger partial charge in [-0.25, -0.2) is 0 Å². The molecule has 0 radical (unpaired) electrons. The third-order valence-corrected chi connectivity index (χ3v) is 5.06. The summed E-state index contributed by atoms with van der Waals surface area (Å²) in [7, 11) is 3.49. The van der Waals surface area contributed by atoms with E-state index in [1.165, 1.54) is 5.56 Å². The number of benzene rings is 1. The molecule has 1 aliphatic heterocycles. The number of halogens is 1. The highest BCUT2D eigenvalue weighted by molar-refractivity contribution is 14.0. The summed E-state index contributed by atoms with van der Waals surface area (Å²) >= 11 is 0. The van der Waals surface area contributed by atoms with Crippen molar-refractivity contribution in [2.24, 2.45) is 16.6 Å². The van der Waals surface area contributed by atoms with Gasteiger partial charge in [0.05, 0.1) is 7.11 Å². The zero-order chi connectivity index (χ0) is 19.2. The molecule has 1 aromatic carbocycles. The number of piperidine rings is 1. The Morgan fingerprint density at radius 1 is 1.44 bits per heavy atom. The molecule has 1 amide bonds. The number of guanidine groups is 1. The minimum Gasteiger partial charge on any atom is -0.497 e. The van der Waals surface area contributed by atoms with E-state index >= 15 is 0 Å². The average Bonchev–Trinajstić information content (AvgIpc) is 2.62. The molecule has 1 aromatic rings. The Morgan fingerprint density at radius 3 is 2.81 bits per heavy atom. The molecule has 1 atom stereocenters. The maximum Gasteiger partial charge on any atom is 0.217 e. The number of methoxy groups -OCH3 is 1. The highest BCUT2D eigenvalue weighted by atomic mass is 127. The molecule has 1 fully saturated rings. The van der Waals surface area contributed by atoms with Crippen LogP contribution in [0.4, 0.5) is 0 Å². The molecule has 152 valence electrons. The van der Waals surface area contributed by atoms with Crippen molar-refractivity contribution in [3.05, 3.63) is 29.8 Å². The Labute approximate surface area is 179 Å². The summed E-state index contributed by atoms with van der Waals surface area (Å²) in [5, 5.41) is 3.51. The SMILES string of the molecule is CN=C(NCC(C)(C)c1cccc(OC)c1)N1CCCC(CC(N)=O)C1.I. The molecule has 27 heavy (non-hydrogen) atoms. The van der Waals surface area contributed by atoms with E-state index in [2.05, 4.69) is 41.2 Å². The molecular formula is C20H33IN4O2. The van der Waals surface area contributed by atoms with Crippen molar-refractivity contribution >= 4 is 35.8 Å². The number of nitrogens with two attached hydrogens (primary N) is 1. The quantitative estimate of drug-likeness (QED) is 0.367. The standard InChI is InChI=1S/C20H32N4O2.HI/c1-20(2,16-8-5-9-17(12-16)26-4)14-23-19(22-3)24-10-6-7-15(13-24)11-18(21)25;/h5,8-9,12,15H,6-7,10-11,13-14H2,1-4H3,(H2,21,25)(H,22,23);1H. The molecule has 0 saturated carbocycles. The van der Waals surface area contributed by atoms with E-state index in [4.69, 9.17) is 10.5 Å². The van der Waals surface area contributed by atoms with Gasteiger partial charge in [0.1, 0.15) is 5.75 Å². The van der Waals surface area contributed by atoms with Gasteiger partial charge >= 0.3 is 0 Å². The average molecular weight is 488 g/mol. The van der Waals surface area contributed by atoms with Gasteiger partial charge in [0.15, 0.2) is 5.96 Å². The predicted octanol–water partition coefficient (Wildman–Crippen LogP) is 2.75. The number of carbonyl (C=O) groups excluding carboxylic acids is 1. The second-order valence-corrected chi connectivity index (χ2v) is 7.64. The van der Waals surface area contributed by atoms with Crippen molar-refractivity contribution in [2.45, 2.75) is 38.5 Å². The van der Waals surface area contributed by atoms with Crippen molar-refractivity contribution < 1.29 is 9.53 Å². The third-order valence-electron chi connectivity index (χ3n) is 5.06. The van der Waals surface area contributed by atoms with Gasteiger partial charge in [0.25, 0.3) is 0 Å². The Balaban J connectivity index is 0.00000364. The fraction of sp³-hybridized carbons (Fsp3) is 0.600. The van der Waals surface area contributed by atoms with E-state index in [0.29, 0.717) is 12.3 Å². The smallest absolute Gasteiger partial charge is 0.217 e. The van der Waals surface area contributed by atoms with Crippen LogP contribution in [0.3, 0.4) is 0 Å². The molecule has 7 heteroatoms. The lowest BCUT2D eigenvalue weighted by molar-refractivity contribution is -0.119. The fourth-order valence-electron chi connectivity index (χ4n) is 3.49. The Kier molecular flexibility index (Phi) is 9.35. The van der Waals surface area contributed by atoms with Crippen molar-refractivity contribution in [1.29, 1.82) is 0 Å². The molecule has 1 aliphatic rings. The summed E-state index contributed by atoms with van der Waals surface area (Å²) in [4.78, 5) is 17.9. The first-order valence-corrected chi connectivity index (χ1v) is 9.24. The maximum atomic E-state index is 11.2. The number of amides is 1. The van der Waals surface area contributed by atoms with Gasteiger partial charge in [-0.1, -0.05) is 26.0 Å². The van der Waals surface area contributed by atoms with E-state index in [1.54, 1.807) is 14.2 Å². The normalized spacial score (nSPS) is 17.9. The zero-order valence-corrected chi connectivity index (χ0v) is 19.2. The first-order valence-electron chi connectivity index (χ1n) is 9.24. The lowest BCUT2D eigenvalue weighted by Gasteiger charge is -2.36. The van der Waals surface area contributed by atoms with Crippen LogP contribution in [0.5, 0.6) is 5.75 Å². The summed E-state index contributed by atoms with van der Waals surface area (Å²) in [6.07, 6.45) is 2.55. The fourth-order valence-corrected chi connectivity index (χ4v) is 3.49. The monoisotopic (exact) mass is 488 g/mol. The van der Waals surface area contributed by atoms with Crippen LogP contribution in [0.15, 0.2) is 29.3 Å². The summed E-state index contributed by atoms with van der Waals surface area (Å²) in [5.41, 5.74) is 6.50. The maximum absolute atomic E-state index is 11.2. The molecule has 3 N–H and O–H groups in total. The highest BCUT2D eigenvalue weighted by Crippen LogP contribution is 2.26. The molecule has 0 aliphatic carbocycles. The Hall–Kier alpha value is -1.51. The van der Waals surface area contributed by atoms with E-state index in [1.807, 2.05) is 12.1 Å². The van der Waals surface area contributed by atoms with Crippen LogP contribution in [-0.2, 0) is 10.2 Å². The van der Waals surface area contributed by atoms with Crippen LogP contribution in [0.25, 0.3) is 0 Å². The van der Waals surface area contributed by atoms with Crippen LogP contribution < -0.4 is 15.8 Å².